The van der Waals surface area contributed by atoms with Gasteiger partial charge in [-0.05, 0) is 62.2 Å². The van der Waals surface area contributed by atoms with Gasteiger partial charge in [-0.25, -0.2) is 4.98 Å². The van der Waals surface area contributed by atoms with Crippen molar-refractivity contribution in [3.8, 4) is 17.4 Å². The Bertz CT molecular complexity index is 1260. The van der Waals surface area contributed by atoms with E-state index in [0.717, 1.165) is 23.3 Å². The molecule has 4 rings (SSSR count). The summed E-state index contributed by atoms with van der Waals surface area (Å²) in [5.74, 6) is 0.991. The molecule has 1 N–H and O–H groups in total. The molecule has 3 aromatic rings. The van der Waals surface area contributed by atoms with Crippen LogP contribution in [0.5, 0.6) is 17.4 Å². The molecule has 8 heteroatoms. The van der Waals surface area contributed by atoms with Crippen molar-refractivity contribution in [3.05, 3.63) is 83.0 Å². The molecule has 0 radical (unpaired) electrons. The van der Waals surface area contributed by atoms with Crippen LogP contribution in [0.25, 0.3) is 0 Å². The van der Waals surface area contributed by atoms with Crippen LogP contribution in [0.1, 0.15) is 58.0 Å². The summed E-state index contributed by atoms with van der Waals surface area (Å²) in [7, 11) is 0. The molecule has 2 aromatic carbocycles. The lowest BCUT2D eigenvalue weighted by Crippen LogP contribution is -2.32. The number of carbonyl (C=O) groups excluding carboxylic acids is 3. The van der Waals surface area contributed by atoms with Crippen LogP contribution >= 0.6 is 0 Å². The third kappa shape index (κ3) is 5.89. The lowest BCUT2D eigenvalue weighted by atomic mass is 10.1. The summed E-state index contributed by atoms with van der Waals surface area (Å²) >= 11 is 0. The highest BCUT2D eigenvalue weighted by Gasteiger charge is 2.34. The van der Waals surface area contributed by atoms with Crippen LogP contribution < -0.4 is 14.8 Å². The quantitative estimate of drug-likeness (QED) is 0.395. The standard InChI is InChI=1S/C28H29N3O5/c1-3-16-35-21-9-11-22(12-10-21)36-26-20(6-4-14-29-26)18-30-25(32)7-5-15-31-27(33)23-13-8-19(2)17-24(23)28(31)34/h4,6,8-14,17H,3,5,7,15-16,18H2,1-2H3,(H,30,32). The Hall–Kier alpha value is -4.20. The summed E-state index contributed by atoms with van der Waals surface area (Å²) in [6.07, 6.45) is 3.12. The number of pyridine rings is 1. The summed E-state index contributed by atoms with van der Waals surface area (Å²) in [4.78, 5) is 43.1. The van der Waals surface area contributed by atoms with Crippen molar-refractivity contribution in [2.75, 3.05) is 13.2 Å². The van der Waals surface area contributed by atoms with E-state index in [2.05, 4.69) is 10.3 Å². The summed E-state index contributed by atoms with van der Waals surface area (Å²) in [6, 6.07) is 16.1. The number of amides is 3. The number of hydrogen-bond acceptors (Lipinski definition) is 6. The van der Waals surface area contributed by atoms with Gasteiger partial charge in [0.25, 0.3) is 11.8 Å². The van der Waals surface area contributed by atoms with E-state index < -0.39 is 0 Å². The highest BCUT2D eigenvalue weighted by Crippen LogP contribution is 2.26. The molecule has 1 aliphatic rings. The molecule has 0 saturated carbocycles. The van der Waals surface area contributed by atoms with Crippen molar-refractivity contribution in [1.29, 1.82) is 0 Å². The molecule has 1 aliphatic heterocycles. The van der Waals surface area contributed by atoms with Gasteiger partial charge in [0.15, 0.2) is 0 Å². The average Bonchev–Trinajstić information content (AvgIpc) is 3.12. The summed E-state index contributed by atoms with van der Waals surface area (Å²) in [5, 5.41) is 2.86. The number of ether oxygens (including phenoxy) is 2. The highest BCUT2D eigenvalue weighted by atomic mass is 16.5. The second-order valence-corrected chi connectivity index (χ2v) is 8.58. The number of hydrogen-bond donors (Lipinski definition) is 1. The minimum Gasteiger partial charge on any atom is -0.494 e. The van der Waals surface area contributed by atoms with Crippen molar-refractivity contribution >= 4 is 17.7 Å². The number of aromatic nitrogens is 1. The summed E-state index contributed by atoms with van der Waals surface area (Å²) in [5.41, 5.74) is 2.50. The Morgan fingerprint density at radius 2 is 1.75 bits per heavy atom. The molecule has 0 saturated heterocycles. The Labute approximate surface area is 210 Å². The molecule has 8 nitrogen and oxygen atoms in total. The maximum Gasteiger partial charge on any atom is 0.261 e. The molecule has 0 unspecified atom stereocenters. The maximum atomic E-state index is 12.6. The van der Waals surface area contributed by atoms with Crippen molar-refractivity contribution in [2.24, 2.45) is 0 Å². The van der Waals surface area contributed by atoms with E-state index in [4.69, 9.17) is 9.47 Å². The van der Waals surface area contributed by atoms with Crippen LogP contribution in [0.15, 0.2) is 60.8 Å². The molecule has 186 valence electrons. The maximum absolute atomic E-state index is 12.6. The van der Waals surface area contributed by atoms with E-state index in [-0.39, 0.29) is 37.2 Å². The van der Waals surface area contributed by atoms with Gasteiger partial charge in [0.1, 0.15) is 11.5 Å². The minimum atomic E-state index is -0.308. The monoisotopic (exact) mass is 487 g/mol. The molecule has 1 aromatic heterocycles. The smallest absolute Gasteiger partial charge is 0.261 e. The minimum absolute atomic E-state index is 0.183. The molecule has 0 spiro atoms. The Morgan fingerprint density at radius 3 is 2.53 bits per heavy atom. The van der Waals surface area contributed by atoms with Gasteiger partial charge in [0.2, 0.25) is 11.8 Å². The second kappa shape index (κ2) is 11.5. The fourth-order valence-corrected chi connectivity index (χ4v) is 3.87. The number of nitrogens with one attached hydrogen (secondary N) is 1. The Morgan fingerprint density at radius 1 is 1.00 bits per heavy atom. The number of fused-ring (bicyclic) bond motifs is 1. The highest BCUT2D eigenvalue weighted by molar-refractivity contribution is 6.21. The molecule has 0 fully saturated rings. The lowest BCUT2D eigenvalue weighted by molar-refractivity contribution is -0.121. The van der Waals surface area contributed by atoms with Crippen molar-refractivity contribution in [1.82, 2.24) is 15.2 Å². The Balaban J connectivity index is 1.26. The predicted molar refractivity (Wildman–Crippen MR) is 134 cm³/mol. The van der Waals surface area contributed by atoms with E-state index in [1.165, 1.54) is 4.90 Å². The van der Waals surface area contributed by atoms with Gasteiger partial charge in [-0.3, -0.25) is 19.3 Å². The number of aryl methyl sites for hydroxylation is 1. The van der Waals surface area contributed by atoms with Crippen LogP contribution in [0.4, 0.5) is 0 Å². The van der Waals surface area contributed by atoms with E-state index in [1.807, 2.05) is 50.2 Å². The first kappa shape index (κ1) is 24.9. The van der Waals surface area contributed by atoms with Crippen molar-refractivity contribution < 1.29 is 23.9 Å². The van der Waals surface area contributed by atoms with E-state index in [9.17, 15) is 14.4 Å². The number of nitrogens with zero attached hydrogens (tertiary/aromatic N) is 2. The van der Waals surface area contributed by atoms with E-state index >= 15 is 0 Å². The molecule has 0 bridgehead atoms. The van der Waals surface area contributed by atoms with E-state index in [0.29, 0.717) is 35.8 Å². The lowest BCUT2D eigenvalue weighted by Gasteiger charge is -2.14. The van der Waals surface area contributed by atoms with Crippen molar-refractivity contribution in [3.63, 3.8) is 0 Å². The average molecular weight is 488 g/mol. The fraction of sp³-hybridized carbons (Fsp3) is 0.286. The predicted octanol–water partition coefficient (Wildman–Crippen LogP) is 4.66. The van der Waals surface area contributed by atoms with Gasteiger partial charge in [-0.1, -0.05) is 24.6 Å². The molecular weight excluding hydrogens is 458 g/mol. The molecule has 36 heavy (non-hydrogen) atoms. The van der Waals surface area contributed by atoms with E-state index in [1.54, 1.807) is 24.4 Å². The first-order valence-electron chi connectivity index (χ1n) is 12.0. The molecule has 0 atom stereocenters. The number of benzene rings is 2. The zero-order valence-electron chi connectivity index (χ0n) is 20.5. The van der Waals surface area contributed by atoms with Crippen LogP contribution in [0, 0.1) is 6.92 Å². The first-order chi connectivity index (χ1) is 17.5. The SMILES string of the molecule is CCCOc1ccc(Oc2ncccc2CNC(=O)CCCN2C(=O)c3ccc(C)cc3C2=O)cc1. The molecular formula is C28H29N3O5. The second-order valence-electron chi connectivity index (χ2n) is 8.58. The molecule has 0 aliphatic carbocycles. The fourth-order valence-electron chi connectivity index (χ4n) is 3.87. The largest absolute Gasteiger partial charge is 0.494 e. The van der Waals surface area contributed by atoms with Crippen LogP contribution in [-0.4, -0.2) is 40.8 Å². The topological polar surface area (TPSA) is 97.8 Å². The third-order valence-electron chi connectivity index (χ3n) is 5.75. The number of carbonyl (C=O) groups is 3. The van der Waals surface area contributed by atoms with Crippen LogP contribution in [0.3, 0.4) is 0 Å². The number of rotatable bonds is 11. The zero-order chi connectivity index (χ0) is 25.5. The van der Waals surface area contributed by atoms with Gasteiger partial charge in [-0.15, -0.1) is 0 Å². The van der Waals surface area contributed by atoms with Gasteiger partial charge >= 0.3 is 0 Å². The van der Waals surface area contributed by atoms with Crippen molar-refractivity contribution in [2.45, 2.75) is 39.7 Å². The zero-order valence-corrected chi connectivity index (χ0v) is 20.5. The molecule has 3 amide bonds. The van der Waals surface area contributed by atoms with Gasteiger partial charge in [-0.2, -0.15) is 0 Å². The Kier molecular flexibility index (Phi) is 7.95. The third-order valence-corrected chi connectivity index (χ3v) is 5.75. The first-order valence-corrected chi connectivity index (χ1v) is 12.0. The van der Waals surface area contributed by atoms with Crippen LogP contribution in [-0.2, 0) is 11.3 Å². The summed E-state index contributed by atoms with van der Waals surface area (Å²) < 4.78 is 11.5. The van der Waals surface area contributed by atoms with Gasteiger partial charge in [0, 0.05) is 31.3 Å². The van der Waals surface area contributed by atoms with Gasteiger partial charge in [0.05, 0.1) is 17.7 Å². The number of imide groups is 1. The molecule has 2 heterocycles. The normalized spacial score (nSPS) is 12.4. The van der Waals surface area contributed by atoms with Gasteiger partial charge < -0.3 is 14.8 Å². The van der Waals surface area contributed by atoms with Crippen LogP contribution in [0.2, 0.25) is 0 Å². The summed E-state index contributed by atoms with van der Waals surface area (Å²) in [6.45, 7) is 5.02.